The van der Waals surface area contributed by atoms with E-state index in [1.54, 1.807) is 39.8 Å². The summed E-state index contributed by atoms with van der Waals surface area (Å²) >= 11 is 34.1. The molecule has 3 nitrogen and oxygen atoms in total. The molecule has 120 valence electrons. The molecule has 1 fully saturated rings. The fourth-order valence-corrected chi connectivity index (χ4v) is 42.1. The molecule has 2 atom stereocenters. The van der Waals surface area contributed by atoms with Crippen LogP contribution in [0.2, 0.25) is 22.0 Å². The van der Waals surface area contributed by atoms with Crippen LogP contribution in [0.4, 0.5) is 0 Å². The fourth-order valence-electron chi connectivity index (χ4n) is 2.73. The number of nitrogens with zero attached hydrogens (tertiary/aromatic N) is 3. The second-order valence-corrected chi connectivity index (χ2v) is 26.7. The Bertz CT molecular complexity index is 382. The van der Waals surface area contributed by atoms with E-state index in [9.17, 15) is 0 Å². The van der Waals surface area contributed by atoms with Crippen molar-refractivity contribution in [1.82, 2.24) is 0 Å². The van der Waals surface area contributed by atoms with Gasteiger partial charge in [0.05, 0.1) is 0 Å². The van der Waals surface area contributed by atoms with Crippen molar-refractivity contribution in [1.29, 1.82) is 0 Å². The number of aliphatic imine (C=N–C) groups is 3. The Kier molecular flexibility index (Phi) is 7.04. The molecular formula is C10H18Cl5N3Si3. The minimum absolute atomic E-state index is 0.177. The van der Waals surface area contributed by atoms with Crippen LogP contribution in [0.5, 0.6) is 0 Å². The van der Waals surface area contributed by atoms with Crippen molar-refractivity contribution >= 4 is 94.8 Å². The van der Waals surface area contributed by atoms with Crippen molar-refractivity contribution < 1.29 is 0 Å². The highest BCUT2D eigenvalue weighted by molar-refractivity contribution is 7.66. The Balaban J connectivity index is 3.57. The van der Waals surface area contributed by atoms with Crippen molar-refractivity contribution in [2.75, 3.05) is 21.1 Å². The first-order valence-electron chi connectivity index (χ1n) is 6.29. The van der Waals surface area contributed by atoms with Gasteiger partial charge in [0.2, 0.25) is 0 Å². The summed E-state index contributed by atoms with van der Waals surface area (Å²) in [4.78, 5) is 12.3. The second kappa shape index (κ2) is 7.34. The molecule has 0 aromatic rings. The molecule has 1 aliphatic rings. The zero-order valence-electron chi connectivity index (χ0n) is 12.2. The molecule has 1 rings (SSSR count). The van der Waals surface area contributed by atoms with E-state index in [1.165, 1.54) is 0 Å². The van der Waals surface area contributed by atoms with E-state index in [2.05, 4.69) is 15.0 Å². The fraction of sp³-hybridized carbons (Fsp3) is 0.700. The molecular weight excluding hydrogens is 424 g/mol. The Hall–Kier alpha value is 1.11. The third-order valence-corrected chi connectivity index (χ3v) is 32.0. The molecule has 0 bridgehead atoms. The van der Waals surface area contributed by atoms with E-state index >= 15 is 0 Å². The topological polar surface area (TPSA) is 37.1 Å². The summed E-state index contributed by atoms with van der Waals surface area (Å²) in [5.41, 5.74) is 0. The molecule has 11 heteroatoms. The molecule has 0 aromatic carbocycles. The maximum atomic E-state index is 6.94. The lowest BCUT2D eigenvalue weighted by Gasteiger charge is -2.51. The summed E-state index contributed by atoms with van der Waals surface area (Å²) in [5, 5.41) is -0.680. The average molecular weight is 442 g/mol. The first kappa shape index (κ1) is 20.2. The zero-order valence-corrected chi connectivity index (χ0v) is 19.0. The van der Waals surface area contributed by atoms with Crippen LogP contribution in [0.1, 0.15) is 0 Å². The highest BCUT2D eigenvalue weighted by Gasteiger charge is 2.71. The SMILES string of the molecule is CN=CC1[Si](C)(Cl)C(C=NC)[Si](Cl)(Cl)C(C=NC)[Si]1(Cl)Cl. The maximum absolute atomic E-state index is 6.94. The minimum atomic E-state index is -2.92. The number of rotatable bonds is 3. The summed E-state index contributed by atoms with van der Waals surface area (Å²) in [6.07, 6.45) is 5.25. The molecule has 0 aromatic heterocycles. The van der Waals surface area contributed by atoms with E-state index in [0.29, 0.717) is 0 Å². The summed E-state index contributed by atoms with van der Waals surface area (Å²) in [6, 6.07) is 0. The van der Waals surface area contributed by atoms with Gasteiger partial charge in [-0.3, -0.25) is 0 Å². The van der Waals surface area contributed by atoms with Gasteiger partial charge in [-0.05, 0) is 12.4 Å². The zero-order chi connectivity index (χ0) is 16.5. The first-order valence-corrected chi connectivity index (χ1v) is 18.3. The molecule has 0 N–H and O–H groups in total. The van der Waals surface area contributed by atoms with Gasteiger partial charge in [-0.1, -0.05) is 6.55 Å². The predicted octanol–water partition coefficient (Wildman–Crippen LogP) is 4.48. The third kappa shape index (κ3) is 3.63. The van der Waals surface area contributed by atoms with Crippen LogP contribution < -0.4 is 0 Å². The van der Waals surface area contributed by atoms with Gasteiger partial charge >= 0.3 is 0 Å². The van der Waals surface area contributed by atoms with Gasteiger partial charge in [0.15, 0.2) is 7.38 Å². The second-order valence-electron chi connectivity index (χ2n) is 5.16. The molecule has 2 unspecified atom stereocenters. The van der Waals surface area contributed by atoms with E-state index in [-0.39, 0.29) is 15.5 Å². The molecule has 1 aliphatic heterocycles. The van der Waals surface area contributed by atoms with Crippen LogP contribution in [0, 0.1) is 0 Å². The van der Waals surface area contributed by atoms with Crippen LogP contribution in [-0.4, -0.2) is 60.6 Å². The van der Waals surface area contributed by atoms with Gasteiger partial charge in [0.25, 0.3) is 13.4 Å². The van der Waals surface area contributed by atoms with E-state index < -0.39 is 20.8 Å². The summed E-state index contributed by atoms with van der Waals surface area (Å²) in [6.45, 7) is -3.85. The van der Waals surface area contributed by atoms with Crippen LogP contribution in [0.25, 0.3) is 0 Å². The predicted molar refractivity (Wildman–Crippen MR) is 107 cm³/mol. The number of hydrogen-bond acceptors (Lipinski definition) is 3. The van der Waals surface area contributed by atoms with Gasteiger partial charge in [0.1, 0.15) is 0 Å². The minimum Gasteiger partial charge on any atom is -0.301 e. The lowest BCUT2D eigenvalue weighted by molar-refractivity contribution is 1.28. The molecule has 0 aliphatic carbocycles. The highest BCUT2D eigenvalue weighted by Crippen LogP contribution is 2.62. The van der Waals surface area contributed by atoms with Crippen LogP contribution >= 0.6 is 55.4 Å². The van der Waals surface area contributed by atoms with Crippen LogP contribution in [0.15, 0.2) is 15.0 Å². The smallest absolute Gasteiger partial charge is 0.266 e. The standard InChI is InChI=1S/C10H18Cl5N3Si3/c1-16-5-8-19(4,11)9(6-17-2)21(14,15)10(7-18-3)20(8,12)13/h5-10H,1-4H3. The Morgan fingerprint density at radius 1 is 0.667 bits per heavy atom. The normalized spacial score (nSPS) is 39.6. The van der Waals surface area contributed by atoms with Crippen molar-refractivity contribution in [3.05, 3.63) is 0 Å². The Morgan fingerprint density at radius 3 is 1.24 bits per heavy atom. The summed E-state index contributed by atoms with van der Waals surface area (Å²) < 4.78 is 0. The molecule has 21 heavy (non-hydrogen) atoms. The average Bonchev–Trinajstić information content (AvgIpc) is 2.36. The van der Waals surface area contributed by atoms with Crippen LogP contribution in [-0.2, 0) is 0 Å². The molecule has 0 radical (unpaired) electrons. The highest BCUT2D eigenvalue weighted by atomic mass is 35.7. The maximum Gasteiger partial charge on any atom is 0.266 e. The van der Waals surface area contributed by atoms with Gasteiger partial charge < -0.3 is 15.0 Å². The molecule has 0 amide bonds. The largest absolute Gasteiger partial charge is 0.301 e. The first-order chi connectivity index (χ1) is 9.58. The monoisotopic (exact) mass is 439 g/mol. The Labute approximate surface area is 152 Å². The molecule has 1 heterocycles. The van der Waals surface area contributed by atoms with Gasteiger partial charge in [0, 0.05) is 42.9 Å². The van der Waals surface area contributed by atoms with Crippen LogP contribution in [0.3, 0.4) is 0 Å². The van der Waals surface area contributed by atoms with Crippen molar-refractivity contribution in [2.24, 2.45) is 15.0 Å². The van der Waals surface area contributed by atoms with Crippen molar-refractivity contribution in [2.45, 2.75) is 22.0 Å². The lowest BCUT2D eigenvalue weighted by Crippen LogP contribution is -2.65. The van der Waals surface area contributed by atoms with Gasteiger partial charge in [-0.15, -0.1) is 44.3 Å². The lowest BCUT2D eigenvalue weighted by atomic mass is 10.8. The van der Waals surface area contributed by atoms with E-state index in [0.717, 1.165) is 0 Å². The third-order valence-electron chi connectivity index (χ3n) is 3.77. The number of hydrogen-bond donors (Lipinski definition) is 0. The Morgan fingerprint density at radius 2 is 0.952 bits per heavy atom. The van der Waals surface area contributed by atoms with Crippen molar-refractivity contribution in [3.8, 4) is 0 Å². The summed E-state index contributed by atoms with van der Waals surface area (Å²) in [5.74, 6) is 0. The number of halogens is 5. The van der Waals surface area contributed by atoms with E-state index in [4.69, 9.17) is 55.4 Å². The molecule has 0 saturated carbocycles. The van der Waals surface area contributed by atoms with Gasteiger partial charge in [-0.2, -0.15) is 11.1 Å². The quantitative estimate of drug-likeness (QED) is 0.352. The van der Waals surface area contributed by atoms with Gasteiger partial charge in [-0.25, -0.2) is 0 Å². The van der Waals surface area contributed by atoms with Crippen molar-refractivity contribution in [3.63, 3.8) is 0 Å². The summed E-state index contributed by atoms with van der Waals surface area (Å²) in [7, 11) is 2.51. The van der Waals surface area contributed by atoms with E-state index in [1.807, 2.05) is 6.55 Å². The molecule has 1 saturated heterocycles. The molecule has 0 spiro atoms.